The maximum atomic E-state index is 12.0. The molecule has 3 N–H and O–H groups in total. The summed E-state index contributed by atoms with van der Waals surface area (Å²) in [5.74, 6) is 1.22. The van der Waals surface area contributed by atoms with Crippen LogP contribution in [0.2, 0.25) is 0 Å². The summed E-state index contributed by atoms with van der Waals surface area (Å²) < 4.78 is 0. The lowest BCUT2D eigenvalue weighted by Crippen LogP contribution is -2.48. The van der Waals surface area contributed by atoms with Crippen molar-refractivity contribution in [3.63, 3.8) is 0 Å². The molecule has 162 valence electrons. The van der Waals surface area contributed by atoms with Crippen LogP contribution in [0.25, 0.3) is 0 Å². The van der Waals surface area contributed by atoms with Crippen molar-refractivity contribution in [2.45, 2.75) is 45.7 Å². The van der Waals surface area contributed by atoms with E-state index in [1.54, 1.807) is 18.4 Å². The topological polar surface area (TPSA) is 68.8 Å². The van der Waals surface area contributed by atoms with Crippen molar-refractivity contribution in [1.82, 2.24) is 10.6 Å². The third kappa shape index (κ3) is 6.76. The second kappa shape index (κ2) is 11.0. The zero-order chi connectivity index (χ0) is 21.3. The summed E-state index contributed by atoms with van der Waals surface area (Å²) in [6.07, 6.45) is 2.72. The summed E-state index contributed by atoms with van der Waals surface area (Å²) in [7, 11) is 1.80. The average Bonchev–Trinajstić information content (AvgIpc) is 3.26. The van der Waals surface area contributed by atoms with Gasteiger partial charge >= 0.3 is 0 Å². The first kappa shape index (κ1) is 22.2. The van der Waals surface area contributed by atoms with E-state index in [1.807, 2.05) is 32.0 Å². The van der Waals surface area contributed by atoms with E-state index in [2.05, 4.69) is 49.4 Å². The molecule has 0 radical (unpaired) electrons. The van der Waals surface area contributed by atoms with Crippen LogP contribution in [0, 0.1) is 5.92 Å². The first-order valence-electron chi connectivity index (χ1n) is 10.7. The van der Waals surface area contributed by atoms with E-state index in [9.17, 15) is 4.79 Å². The van der Waals surface area contributed by atoms with Gasteiger partial charge in [0.25, 0.3) is 0 Å². The highest BCUT2D eigenvalue weighted by Gasteiger charge is 2.20. The Hall–Kier alpha value is -2.54. The van der Waals surface area contributed by atoms with Crippen molar-refractivity contribution in [3.8, 4) is 0 Å². The Labute approximate surface area is 183 Å². The van der Waals surface area contributed by atoms with Crippen LogP contribution in [0.5, 0.6) is 0 Å². The number of nitrogens with zero attached hydrogens (tertiary/aromatic N) is 2. The minimum atomic E-state index is 0.0569. The molecular weight excluding hydrogens is 394 g/mol. The summed E-state index contributed by atoms with van der Waals surface area (Å²) in [5, 5.41) is 13.4. The van der Waals surface area contributed by atoms with Crippen molar-refractivity contribution in [1.29, 1.82) is 0 Å². The first-order chi connectivity index (χ1) is 14.5. The van der Waals surface area contributed by atoms with E-state index in [1.165, 1.54) is 5.00 Å². The van der Waals surface area contributed by atoms with Gasteiger partial charge in [-0.15, -0.1) is 11.3 Å². The quantitative estimate of drug-likeness (QED) is 0.460. The lowest BCUT2D eigenvalue weighted by molar-refractivity contribution is -0.116. The molecule has 1 aliphatic rings. The smallest absolute Gasteiger partial charge is 0.224 e. The van der Waals surface area contributed by atoms with Gasteiger partial charge in [0.1, 0.15) is 0 Å². The molecule has 2 aromatic rings. The van der Waals surface area contributed by atoms with Crippen LogP contribution in [0.3, 0.4) is 0 Å². The van der Waals surface area contributed by atoms with Gasteiger partial charge in [0.15, 0.2) is 5.96 Å². The van der Waals surface area contributed by atoms with Gasteiger partial charge in [-0.1, -0.05) is 26.0 Å². The Bertz CT molecular complexity index is 826. The standard InChI is InChI=1S/C23H33N5OS/c1-17(2)14-21(29)26-20-7-4-6-18(15-20)16-25-23(24-3)27-19-9-11-28(12-10-19)22-8-5-13-30-22/h4-8,13,15,17,19H,9-12,14,16H2,1-3H3,(H,26,29)(H2,24,25,27). The number of carbonyl (C=O) groups is 1. The van der Waals surface area contributed by atoms with Crippen molar-refractivity contribution >= 4 is 33.9 Å². The van der Waals surface area contributed by atoms with E-state index in [0.29, 0.717) is 24.9 Å². The summed E-state index contributed by atoms with van der Waals surface area (Å²) >= 11 is 1.81. The number of hydrogen-bond acceptors (Lipinski definition) is 4. The second-order valence-corrected chi connectivity index (χ2v) is 9.06. The Balaban J connectivity index is 1.45. The predicted octanol–water partition coefficient (Wildman–Crippen LogP) is 4.07. The molecular formula is C23H33N5OS. The van der Waals surface area contributed by atoms with Gasteiger partial charge in [-0.3, -0.25) is 9.79 Å². The van der Waals surface area contributed by atoms with Crippen LogP contribution >= 0.6 is 11.3 Å². The summed E-state index contributed by atoms with van der Waals surface area (Å²) in [6.45, 7) is 6.87. The van der Waals surface area contributed by atoms with Gasteiger partial charge in [-0.05, 0) is 54.0 Å². The molecule has 2 heterocycles. The molecule has 1 fully saturated rings. The van der Waals surface area contributed by atoms with Gasteiger partial charge < -0.3 is 20.9 Å². The van der Waals surface area contributed by atoms with Gasteiger partial charge in [0.2, 0.25) is 5.91 Å². The number of nitrogens with one attached hydrogen (secondary N) is 3. The average molecular weight is 428 g/mol. The third-order valence-electron chi connectivity index (χ3n) is 5.14. The monoisotopic (exact) mass is 427 g/mol. The number of thiophene rings is 1. The molecule has 3 rings (SSSR count). The highest BCUT2D eigenvalue weighted by molar-refractivity contribution is 7.14. The fourth-order valence-corrected chi connectivity index (χ4v) is 4.40. The van der Waals surface area contributed by atoms with Crippen LogP contribution in [-0.2, 0) is 11.3 Å². The number of carbonyl (C=O) groups excluding carboxylic acids is 1. The van der Waals surface area contributed by atoms with E-state index in [4.69, 9.17) is 0 Å². The molecule has 30 heavy (non-hydrogen) atoms. The molecule has 6 nitrogen and oxygen atoms in total. The number of amides is 1. The highest BCUT2D eigenvalue weighted by atomic mass is 32.1. The maximum absolute atomic E-state index is 12.0. The minimum Gasteiger partial charge on any atom is -0.363 e. The molecule has 0 atom stereocenters. The summed E-state index contributed by atoms with van der Waals surface area (Å²) in [5.41, 5.74) is 1.94. The lowest BCUT2D eigenvalue weighted by atomic mass is 10.1. The number of benzene rings is 1. The molecule has 1 amide bonds. The van der Waals surface area contributed by atoms with E-state index < -0.39 is 0 Å². The van der Waals surface area contributed by atoms with Crippen LogP contribution in [0.15, 0.2) is 46.8 Å². The largest absolute Gasteiger partial charge is 0.363 e. The molecule has 1 aliphatic heterocycles. The first-order valence-corrected chi connectivity index (χ1v) is 11.6. The zero-order valence-electron chi connectivity index (χ0n) is 18.1. The van der Waals surface area contributed by atoms with E-state index >= 15 is 0 Å². The van der Waals surface area contributed by atoms with E-state index in [-0.39, 0.29) is 5.91 Å². The van der Waals surface area contributed by atoms with Crippen molar-refractivity contribution < 1.29 is 4.79 Å². The third-order valence-corrected chi connectivity index (χ3v) is 6.07. The molecule has 1 aromatic carbocycles. The number of anilines is 2. The summed E-state index contributed by atoms with van der Waals surface area (Å²) in [4.78, 5) is 18.8. The van der Waals surface area contributed by atoms with Crippen LogP contribution in [0.1, 0.15) is 38.7 Å². The number of guanidine groups is 1. The Morgan fingerprint density at radius 1 is 1.23 bits per heavy atom. The summed E-state index contributed by atoms with van der Waals surface area (Å²) in [6, 6.07) is 12.7. The van der Waals surface area contributed by atoms with Gasteiger partial charge in [0.05, 0.1) is 5.00 Å². The molecule has 0 spiro atoms. The molecule has 1 aromatic heterocycles. The van der Waals surface area contributed by atoms with E-state index in [0.717, 1.165) is 43.1 Å². The molecule has 0 saturated carbocycles. The molecule has 7 heteroatoms. The van der Waals surface area contributed by atoms with Crippen molar-refractivity contribution in [2.24, 2.45) is 10.9 Å². The van der Waals surface area contributed by atoms with Gasteiger partial charge in [-0.25, -0.2) is 0 Å². The molecule has 0 aliphatic carbocycles. The SMILES string of the molecule is CN=C(NCc1cccc(NC(=O)CC(C)C)c1)NC1CCN(c2cccs2)CC1. The number of rotatable bonds is 7. The number of aliphatic imine (C=N–C) groups is 1. The molecule has 0 bridgehead atoms. The number of piperidine rings is 1. The van der Waals surface area contributed by atoms with Crippen molar-refractivity contribution in [3.05, 3.63) is 47.3 Å². The zero-order valence-corrected chi connectivity index (χ0v) is 19.0. The second-order valence-electron chi connectivity index (χ2n) is 8.13. The molecule has 0 unspecified atom stereocenters. The fourth-order valence-electron chi connectivity index (χ4n) is 3.61. The predicted molar refractivity (Wildman–Crippen MR) is 127 cm³/mol. The normalized spacial score (nSPS) is 15.3. The maximum Gasteiger partial charge on any atom is 0.224 e. The Morgan fingerprint density at radius 3 is 2.70 bits per heavy atom. The van der Waals surface area contributed by atoms with Crippen LogP contribution in [0.4, 0.5) is 10.7 Å². The fraction of sp³-hybridized carbons (Fsp3) is 0.478. The van der Waals surface area contributed by atoms with Gasteiger partial charge in [-0.2, -0.15) is 0 Å². The minimum absolute atomic E-state index is 0.0569. The van der Waals surface area contributed by atoms with Crippen LogP contribution in [-0.4, -0.2) is 38.0 Å². The molecule has 1 saturated heterocycles. The lowest BCUT2D eigenvalue weighted by Gasteiger charge is -2.33. The number of hydrogen-bond donors (Lipinski definition) is 3. The Morgan fingerprint density at radius 2 is 2.03 bits per heavy atom. The van der Waals surface area contributed by atoms with Crippen LogP contribution < -0.4 is 20.9 Å². The highest BCUT2D eigenvalue weighted by Crippen LogP contribution is 2.24. The van der Waals surface area contributed by atoms with Gasteiger partial charge in [0, 0.05) is 44.8 Å². The Kier molecular flexibility index (Phi) is 8.13. The van der Waals surface area contributed by atoms with Crippen molar-refractivity contribution in [2.75, 3.05) is 30.4 Å².